The Labute approximate surface area is 120 Å². The second kappa shape index (κ2) is 7.04. The SMILES string of the molecule is COc1cc(C(O)CCCC(F)(F)F)cc(Cl)c1OC. The molecule has 0 saturated heterocycles. The average Bonchev–Trinajstić information content (AvgIpc) is 2.35. The molecule has 0 aliphatic rings. The Morgan fingerprint density at radius 2 is 1.90 bits per heavy atom. The molecule has 1 unspecified atom stereocenters. The van der Waals surface area contributed by atoms with Crippen LogP contribution in [0.2, 0.25) is 5.02 Å². The summed E-state index contributed by atoms with van der Waals surface area (Å²) in [4.78, 5) is 0. The van der Waals surface area contributed by atoms with Crippen LogP contribution in [0, 0.1) is 0 Å². The number of aliphatic hydroxyl groups excluding tert-OH is 1. The highest BCUT2D eigenvalue weighted by molar-refractivity contribution is 6.32. The van der Waals surface area contributed by atoms with Gasteiger partial charge in [-0.25, -0.2) is 0 Å². The summed E-state index contributed by atoms with van der Waals surface area (Å²) < 4.78 is 46.3. The lowest BCUT2D eigenvalue weighted by molar-refractivity contribution is -0.136. The van der Waals surface area contributed by atoms with Gasteiger partial charge in [-0.3, -0.25) is 0 Å². The Balaban J connectivity index is 2.78. The maximum absolute atomic E-state index is 12.1. The Morgan fingerprint density at radius 1 is 1.25 bits per heavy atom. The Hall–Kier alpha value is -1.14. The van der Waals surface area contributed by atoms with E-state index >= 15 is 0 Å². The van der Waals surface area contributed by atoms with Gasteiger partial charge >= 0.3 is 6.18 Å². The van der Waals surface area contributed by atoms with Crippen LogP contribution in [0.4, 0.5) is 13.2 Å². The van der Waals surface area contributed by atoms with Crippen molar-refractivity contribution in [1.82, 2.24) is 0 Å². The van der Waals surface area contributed by atoms with Crippen LogP contribution in [0.1, 0.15) is 30.9 Å². The highest BCUT2D eigenvalue weighted by atomic mass is 35.5. The van der Waals surface area contributed by atoms with Gasteiger partial charge in [0.05, 0.1) is 25.3 Å². The second-order valence-electron chi connectivity index (χ2n) is 4.26. The summed E-state index contributed by atoms with van der Waals surface area (Å²) in [5.41, 5.74) is 0.398. The van der Waals surface area contributed by atoms with E-state index < -0.39 is 18.7 Å². The van der Waals surface area contributed by atoms with Gasteiger partial charge in [-0.15, -0.1) is 0 Å². The lowest BCUT2D eigenvalue weighted by Gasteiger charge is -2.16. The van der Waals surface area contributed by atoms with Crippen LogP contribution in [0.5, 0.6) is 11.5 Å². The standard InChI is InChI=1S/C13H16ClF3O3/c1-19-11-7-8(6-9(14)12(11)20-2)10(18)4-3-5-13(15,16)17/h6-7,10,18H,3-5H2,1-2H3. The lowest BCUT2D eigenvalue weighted by atomic mass is 10.0. The van der Waals surface area contributed by atoms with Crippen molar-refractivity contribution >= 4 is 11.6 Å². The lowest BCUT2D eigenvalue weighted by Crippen LogP contribution is -2.08. The van der Waals surface area contributed by atoms with E-state index in [1.54, 1.807) is 0 Å². The molecule has 1 aromatic carbocycles. The fourth-order valence-electron chi connectivity index (χ4n) is 1.79. The number of rotatable bonds is 6. The molecule has 0 saturated carbocycles. The van der Waals surface area contributed by atoms with Crippen LogP contribution in [-0.2, 0) is 0 Å². The molecule has 1 atom stereocenters. The first kappa shape index (κ1) is 16.9. The zero-order valence-electron chi connectivity index (χ0n) is 11.1. The molecule has 0 radical (unpaired) electrons. The van der Waals surface area contributed by atoms with Crippen molar-refractivity contribution in [3.8, 4) is 11.5 Å². The van der Waals surface area contributed by atoms with Crippen molar-refractivity contribution in [3.63, 3.8) is 0 Å². The highest BCUT2D eigenvalue weighted by Crippen LogP contribution is 2.38. The van der Waals surface area contributed by atoms with E-state index in [4.69, 9.17) is 21.1 Å². The Kier molecular flexibility index (Phi) is 5.95. The van der Waals surface area contributed by atoms with E-state index in [1.165, 1.54) is 26.4 Å². The third-order valence-electron chi connectivity index (χ3n) is 2.78. The maximum atomic E-state index is 12.1. The predicted molar refractivity (Wildman–Crippen MR) is 69.4 cm³/mol. The van der Waals surface area contributed by atoms with Crippen LogP contribution in [0.3, 0.4) is 0 Å². The second-order valence-corrected chi connectivity index (χ2v) is 4.67. The van der Waals surface area contributed by atoms with Crippen LogP contribution >= 0.6 is 11.6 Å². The number of aliphatic hydroxyl groups is 1. The van der Waals surface area contributed by atoms with Gasteiger partial charge in [0.15, 0.2) is 11.5 Å². The molecule has 0 amide bonds. The maximum Gasteiger partial charge on any atom is 0.389 e. The van der Waals surface area contributed by atoms with Crippen molar-refractivity contribution in [2.45, 2.75) is 31.5 Å². The van der Waals surface area contributed by atoms with E-state index in [2.05, 4.69) is 0 Å². The molecule has 3 nitrogen and oxygen atoms in total. The first-order valence-corrected chi connectivity index (χ1v) is 6.32. The van der Waals surface area contributed by atoms with Crippen molar-refractivity contribution in [2.75, 3.05) is 14.2 Å². The molecule has 1 rings (SSSR count). The summed E-state index contributed by atoms with van der Waals surface area (Å²) in [5.74, 6) is 0.644. The molecule has 0 aliphatic heterocycles. The van der Waals surface area contributed by atoms with Gasteiger partial charge < -0.3 is 14.6 Å². The summed E-state index contributed by atoms with van der Waals surface area (Å²) in [6.07, 6.45) is -6.34. The van der Waals surface area contributed by atoms with E-state index in [-0.39, 0.29) is 17.9 Å². The largest absolute Gasteiger partial charge is 0.493 e. The van der Waals surface area contributed by atoms with Crippen LogP contribution < -0.4 is 9.47 Å². The number of hydrogen-bond donors (Lipinski definition) is 1. The summed E-state index contributed by atoms with van der Waals surface area (Å²) in [5, 5.41) is 10.1. The summed E-state index contributed by atoms with van der Waals surface area (Å²) in [6.45, 7) is 0. The molecule has 0 fully saturated rings. The van der Waals surface area contributed by atoms with Crippen molar-refractivity contribution in [1.29, 1.82) is 0 Å². The number of methoxy groups -OCH3 is 2. The quantitative estimate of drug-likeness (QED) is 0.858. The Bertz CT molecular complexity index is 449. The molecular formula is C13H16ClF3O3. The molecule has 114 valence electrons. The van der Waals surface area contributed by atoms with Gasteiger partial charge in [0.2, 0.25) is 0 Å². The third kappa shape index (κ3) is 4.76. The van der Waals surface area contributed by atoms with Crippen molar-refractivity contribution < 1.29 is 27.8 Å². The highest BCUT2D eigenvalue weighted by Gasteiger charge is 2.27. The molecule has 0 heterocycles. The fraction of sp³-hybridized carbons (Fsp3) is 0.538. The molecular weight excluding hydrogens is 297 g/mol. The molecule has 1 aromatic rings. The number of benzene rings is 1. The zero-order chi connectivity index (χ0) is 15.3. The Morgan fingerprint density at radius 3 is 2.40 bits per heavy atom. The number of hydrogen-bond acceptors (Lipinski definition) is 3. The van der Waals surface area contributed by atoms with Gasteiger partial charge in [0.1, 0.15) is 0 Å². The topological polar surface area (TPSA) is 38.7 Å². The molecule has 20 heavy (non-hydrogen) atoms. The minimum absolute atomic E-state index is 0.00861. The van der Waals surface area contributed by atoms with E-state index in [9.17, 15) is 18.3 Å². The van der Waals surface area contributed by atoms with Gasteiger partial charge in [-0.1, -0.05) is 11.6 Å². The van der Waals surface area contributed by atoms with Crippen LogP contribution in [-0.4, -0.2) is 25.5 Å². The molecule has 0 bridgehead atoms. The van der Waals surface area contributed by atoms with Gasteiger partial charge in [0, 0.05) is 6.42 Å². The molecule has 1 N–H and O–H groups in total. The monoisotopic (exact) mass is 312 g/mol. The first-order valence-electron chi connectivity index (χ1n) is 5.94. The molecule has 7 heteroatoms. The minimum Gasteiger partial charge on any atom is -0.493 e. The summed E-state index contributed by atoms with van der Waals surface area (Å²) >= 11 is 5.97. The van der Waals surface area contributed by atoms with Crippen molar-refractivity contribution in [2.24, 2.45) is 0 Å². The zero-order valence-corrected chi connectivity index (χ0v) is 11.9. The molecule has 0 aromatic heterocycles. The number of alkyl halides is 3. The average molecular weight is 313 g/mol. The minimum atomic E-state index is -4.21. The normalized spacial score (nSPS) is 13.2. The van der Waals surface area contributed by atoms with Gasteiger partial charge in [-0.05, 0) is 30.5 Å². The van der Waals surface area contributed by atoms with E-state index in [0.29, 0.717) is 17.1 Å². The predicted octanol–water partition coefficient (Wildman–Crippen LogP) is 4.12. The van der Waals surface area contributed by atoms with E-state index in [0.717, 1.165) is 0 Å². The third-order valence-corrected chi connectivity index (χ3v) is 3.06. The number of ether oxygens (including phenoxy) is 2. The molecule has 0 aliphatic carbocycles. The van der Waals surface area contributed by atoms with Crippen LogP contribution in [0.25, 0.3) is 0 Å². The van der Waals surface area contributed by atoms with Crippen LogP contribution in [0.15, 0.2) is 12.1 Å². The smallest absolute Gasteiger partial charge is 0.389 e. The first-order chi connectivity index (χ1) is 9.28. The summed E-state index contributed by atoms with van der Waals surface area (Å²) in [7, 11) is 2.83. The molecule has 0 spiro atoms. The fourth-order valence-corrected chi connectivity index (χ4v) is 2.09. The van der Waals surface area contributed by atoms with Gasteiger partial charge in [-0.2, -0.15) is 13.2 Å². The number of halogens is 4. The summed E-state index contributed by atoms with van der Waals surface area (Å²) in [6, 6.07) is 2.96. The van der Waals surface area contributed by atoms with Crippen molar-refractivity contribution in [3.05, 3.63) is 22.7 Å². The van der Waals surface area contributed by atoms with Gasteiger partial charge in [0.25, 0.3) is 0 Å². The van der Waals surface area contributed by atoms with E-state index in [1.807, 2.05) is 0 Å².